The van der Waals surface area contributed by atoms with Gasteiger partial charge < -0.3 is 13.6 Å². The molecular weight excluding hydrogens is 1620 g/mol. The first kappa shape index (κ1) is 86.9. The maximum absolute atomic E-state index is 6.26. The molecule has 0 spiro atoms. The van der Waals surface area contributed by atoms with Gasteiger partial charge in [0.1, 0.15) is 0 Å². The van der Waals surface area contributed by atoms with Gasteiger partial charge in [0.15, 0.2) is 24.2 Å². The molecule has 0 aliphatic rings. The van der Waals surface area contributed by atoms with Crippen molar-refractivity contribution in [3.63, 3.8) is 0 Å². The zero-order valence-corrected chi connectivity index (χ0v) is 78.3. The molecule has 8 heteroatoms. The molecule has 0 unspecified atom stereocenters. The van der Waals surface area contributed by atoms with E-state index >= 15 is 0 Å². The standard InChI is InChI=1S/C54H56N4O.C42H34Si2.C26H24Si/c1-3-5-7-9-11-17-35-57-49-21-15-13-19-45(49)47-37-43(31-33-51(47)57)39-23-27-41(28-24-39)53-55-56-54(59-53)42-29-25-40(26-30-42)44-32-34-52-48(38-44)46-20-14-16-22-50(46)58(52)36-18-12-10-8-6-4-2;1-7-19-35(20-8-1)43(36-21-9-2-10-22-36,37-23-11-3-12-24-37)41-31-33-42(34-32-41)44(38-25-13-4-14-26-38,39-27-15-5-16-28-39)40-29-17-6-18-30-40;1-21-13-9-11-19-25(21)27(23-15-5-3-6-16-23,24-17-7-4-8-18-24)26-20-12-10-14-22(26)2/h13-16,19-34,37-38H,3-12,17-18,35-36H2,1-2H3;1-34H;3-20H,1-2H3. The molecule has 20 rings (SSSR count). The van der Waals surface area contributed by atoms with Crippen LogP contribution in [0.2, 0.25) is 0 Å². The molecule has 17 aromatic carbocycles. The van der Waals surface area contributed by atoms with Gasteiger partial charge >= 0.3 is 0 Å². The van der Waals surface area contributed by atoms with Crippen LogP contribution in [0.5, 0.6) is 0 Å². The molecule has 0 N–H and O–H groups in total. The normalized spacial score (nSPS) is 11.7. The number of para-hydroxylation sites is 2. The van der Waals surface area contributed by atoms with Gasteiger partial charge in [0.05, 0.1) is 0 Å². The fourth-order valence-corrected chi connectivity index (χ4v) is 35.3. The number of hydrogen-bond acceptors (Lipinski definition) is 3. The highest BCUT2D eigenvalue weighted by molar-refractivity contribution is 7.21. The first-order chi connectivity index (χ1) is 64.3. The summed E-state index contributed by atoms with van der Waals surface area (Å²) in [5, 5.41) is 31.1. The number of aromatic nitrogens is 4. The molecule has 0 saturated heterocycles. The van der Waals surface area contributed by atoms with E-state index in [1.807, 2.05) is 0 Å². The third-order valence-electron chi connectivity index (χ3n) is 26.9. The second kappa shape index (κ2) is 41.1. The van der Waals surface area contributed by atoms with E-state index in [9.17, 15) is 0 Å². The topological polar surface area (TPSA) is 48.8 Å². The molecular formula is C122H114N4OSi3. The lowest BCUT2D eigenvalue weighted by atomic mass is 10.0. The number of fused-ring (bicyclic) bond motifs is 6. The van der Waals surface area contributed by atoms with Crippen LogP contribution in [-0.4, -0.2) is 43.6 Å². The summed E-state index contributed by atoms with van der Waals surface area (Å²) in [4.78, 5) is 0. The SMILES string of the molecule is CCCCCCCCn1c2ccccc2c2cc(-c3ccc(-c4nnc(-c5ccc(-c6ccc7c(c6)c6ccccc6n7CCCCCCCC)cc5)o4)cc3)ccc21.Cc1ccccc1[Si](c1ccccc1)(c1ccccc1)c1ccccc1C.c1ccc([Si](c2ccccc2)(c2ccccc2)c2ccc([Si](c3ccccc3)(c3ccccc3)c3ccccc3)cc2)cc1. The van der Waals surface area contributed by atoms with Crippen LogP contribution >= 0.6 is 0 Å². The predicted octanol–water partition coefficient (Wildman–Crippen LogP) is 23.8. The molecule has 3 heterocycles. The van der Waals surface area contributed by atoms with Crippen molar-refractivity contribution in [1.82, 2.24) is 19.3 Å². The quantitative estimate of drug-likeness (QED) is 0.0256. The minimum atomic E-state index is -2.60. The molecule has 640 valence electrons. The summed E-state index contributed by atoms with van der Waals surface area (Å²) in [6.07, 6.45) is 15.6. The summed E-state index contributed by atoms with van der Waals surface area (Å²) >= 11 is 0. The van der Waals surface area contributed by atoms with Gasteiger partial charge in [-0.3, -0.25) is 0 Å². The van der Waals surface area contributed by atoms with Crippen molar-refractivity contribution in [3.05, 3.63) is 460 Å². The molecule has 130 heavy (non-hydrogen) atoms. The summed E-state index contributed by atoms with van der Waals surface area (Å²) in [6.45, 7) is 11.2. The molecule has 0 atom stereocenters. The second-order valence-electron chi connectivity index (χ2n) is 34.8. The van der Waals surface area contributed by atoms with Crippen LogP contribution < -0.4 is 62.2 Å². The minimum absolute atomic E-state index is 0.520. The Morgan fingerprint density at radius 2 is 0.446 bits per heavy atom. The molecule has 0 bridgehead atoms. The Kier molecular flexibility index (Phi) is 27.4. The Labute approximate surface area is 771 Å². The van der Waals surface area contributed by atoms with E-state index in [4.69, 9.17) is 4.42 Å². The van der Waals surface area contributed by atoms with Gasteiger partial charge in [-0.15, -0.1) is 10.2 Å². The van der Waals surface area contributed by atoms with Crippen LogP contribution in [0.15, 0.2) is 453 Å². The van der Waals surface area contributed by atoms with Crippen molar-refractivity contribution in [2.75, 3.05) is 0 Å². The van der Waals surface area contributed by atoms with Gasteiger partial charge in [0.25, 0.3) is 0 Å². The molecule has 0 aliphatic heterocycles. The van der Waals surface area contributed by atoms with Crippen LogP contribution in [0.25, 0.3) is 88.8 Å². The van der Waals surface area contributed by atoms with Crippen LogP contribution in [0.4, 0.5) is 0 Å². The van der Waals surface area contributed by atoms with Crippen LogP contribution in [-0.2, 0) is 13.1 Å². The van der Waals surface area contributed by atoms with Crippen molar-refractivity contribution in [2.24, 2.45) is 0 Å². The molecule has 0 saturated carbocycles. The van der Waals surface area contributed by atoms with Crippen LogP contribution in [0, 0.1) is 13.8 Å². The Hall–Kier alpha value is -13.9. The molecule has 0 radical (unpaired) electrons. The monoisotopic (exact) mass is 1730 g/mol. The maximum atomic E-state index is 6.26. The lowest BCUT2D eigenvalue weighted by Gasteiger charge is -2.37. The van der Waals surface area contributed by atoms with Gasteiger partial charge in [-0.25, -0.2) is 0 Å². The van der Waals surface area contributed by atoms with E-state index < -0.39 is 24.2 Å². The highest BCUT2D eigenvalue weighted by atomic mass is 28.3. The average Bonchev–Trinajstić information content (AvgIpc) is 1.35. The molecule has 0 aliphatic carbocycles. The lowest BCUT2D eigenvalue weighted by Crippen LogP contribution is -2.76. The number of aryl methyl sites for hydroxylation is 4. The number of nitrogens with zero attached hydrogens (tertiary/aromatic N) is 4. The number of rotatable bonds is 30. The summed E-state index contributed by atoms with van der Waals surface area (Å²) in [6, 6.07) is 165. The summed E-state index contributed by atoms with van der Waals surface area (Å²) in [5.41, 5.74) is 14.6. The lowest BCUT2D eigenvalue weighted by molar-refractivity contribution is 0.571. The zero-order valence-electron chi connectivity index (χ0n) is 75.3. The first-order valence-corrected chi connectivity index (χ1v) is 53.0. The fourth-order valence-electron chi connectivity index (χ4n) is 20.5. The van der Waals surface area contributed by atoms with Gasteiger partial charge in [-0.1, -0.05) is 477 Å². The minimum Gasteiger partial charge on any atom is -0.416 e. The van der Waals surface area contributed by atoms with E-state index in [1.165, 1.54) is 216 Å². The predicted molar refractivity (Wildman–Crippen MR) is 562 cm³/mol. The number of unbranched alkanes of at least 4 members (excludes halogenated alkanes) is 10. The highest BCUT2D eigenvalue weighted by Crippen LogP contribution is 2.37. The van der Waals surface area contributed by atoms with Crippen LogP contribution in [0.1, 0.15) is 102 Å². The van der Waals surface area contributed by atoms with Gasteiger partial charge in [0.2, 0.25) is 11.8 Å². The second-order valence-corrected chi connectivity index (χ2v) is 46.1. The fraction of sp³-hybridized carbons (Fsp3) is 0.148. The Morgan fingerprint density at radius 3 is 0.754 bits per heavy atom. The van der Waals surface area contributed by atoms with E-state index in [0.29, 0.717) is 11.8 Å². The number of hydrogen-bond donors (Lipinski definition) is 0. The Bertz CT molecular complexity index is 6430. The summed E-state index contributed by atoms with van der Waals surface area (Å²) in [7, 11) is -7.60. The molecule has 3 aromatic heterocycles. The smallest absolute Gasteiger partial charge is 0.248 e. The largest absolute Gasteiger partial charge is 0.416 e. The molecule has 0 fully saturated rings. The van der Waals surface area contributed by atoms with E-state index in [2.05, 4.69) is 496 Å². The summed E-state index contributed by atoms with van der Waals surface area (Å²) < 4.78 is 11.3. The summed E-state index contributed by atoms with van der Waals surface area (Å²) in [5.74, 6) is 1.04. The first-order valence-electron chi connectivity index (χ1n) is 47.0. The van der Waals surface area contributed by atoms with Crippen molar-refractivity contribution < 1.29 is 4.42 Å². The maximum Gasteiger partial charge on any atom is 0.248 e. The third-order valence-corrected chi connectivity index (χ3v) is 41.6. The van der Waals surface area contributed by atoms with Crippen molar-refractivity contribution in [3.8, 4) is 45.2 Å². The zero-order chi connectivity index (χ0) is 88.3. The molecule has 5 nitrogen and oxygen atoms in total. The van der Waals surface area contributed by atoms with Crippen molar-refractivity contribution in [2.45, 2.75) is 118 Å². The number of benzene rings is 17. The highest BCUT2D eigenvalue weighted by Gasteiger charge is 2.46. The van der Waals surface area contributed by atoms with Gasteiger partial charge in [-0.2, -0.15) is 0 Å². The van der Waals surface area contributed by atoms with Crippen LogP contribution in [0.3, 0.4) is 0 Å². The van der Waals surface area contributed by atoms with E-state index in [-0.39, 0.29) is 0 Å². The van der Waals surface area contributed by atoms with Crippen molar-refractivity contribution >= 4 is 130 Å². The van der Waals surface area contributed by atoms with Crippen molar-refractivity contribution in [1.29, 1.82) is 0 Å². The molecule has 20 aromatic rings. The third kappa shape index (κ3) is 17.7. The van der Waals surface area contributed by atoms with E-state index in [1.54, 1.807) is 0 Å². The Balaban J connectivity index is 0.000000141. The average molecular weight is 1740 g/mol. The van der Waals surface area contributed by atoms with Gasteiger partial charge in [0, 0.05) is 67.8 Å². The Morgan fingerprint density at radius 1 is 0.208 bits per heavy atom. The van der Waals surface area contributed by atoms with E-state index in [0.717, 1.165) is 24.2 Å². The molecule has 0 amide bonds. The van der Waals surface area contributed by atoms with Gasteiger partial charge in [-0.05, 0) is 172 Å².